The largest absolute Gasteiger partial charge is 0.390 e. The molecule has 8 heavy (non-hydrogen) atoms. The maximum absolute atomic E-state index is 8.21. The molecule has 0 rings (SSSR count). The highest BCUT2D eigenvalue weighted by Gasteiger charge is 1.76. The first-order valence-electron chi connectivity index (χ1n) is 3.02. The maximum Gasteiger partial charge on any atom is 0.0802 e. The quantitative estimate of drug-likeness (QED) is 0.438. The fraction of sp³-hybridized carbons (Fsp3) is 0.571. The van der Waals surface area contributed by atoms with Gasteiger partial charge in [-0.25, -0.2) is 0 Å². The summed E-state index contributed by atoms with van der Waals surface area (Å²) in [6.45, 7) is 3.29. The summed E-state index contributed by atoms with van der Waals surface area (Å²) in [5.74, 6) is 0. The summed E-state index contributed by atoms with van der Waals surface area (Å²) in [7, 11) is 0. The van der Waals surface area contributed by atoms with Crippen LogP contribution < -0.4 is 0 Å². The van der Waals surface area contributed by atoms with Gasteiger partial charge in [-0.2, -0.15) is 0 Å². The molecule has 1 nitrogen and oxygen atoms in total. The Balaban J connectivity index is 2.80. The van der Waals surface area contributed by atoms with Crippen molar-refractivity contribution in [3.8, 4) is 0 Å². The average molecular weight is 113 g/mol. The van der Waals surface area contributed by atoms with E-state index in [1.165, 1.54) is 6.61 Å². The van der Waals surface area contributed by atoms with E-state index in [1.807, 2.05) is 0 Å². The Hall–Kier alpha value is -0.300. The molecule has 0 aromatic heterocycles. The molecule has 0 atom stereocenters. The van der Waals surface area contributed by atoms with Gasteiger partial charge in [-0.1, -0.05) is 19.1 Å². The Morgan fingerprint density at radius 1 is 1.25 bits per heavy atom. The lowest BCUT2D eigenvalue weighted by atomic mass is 10.3. The van der Waals surface area contributed by atoms with Crippen LogP contribution in [0.1, 0.15) is 26.2 Å². The number of rotatable bonds is 4. The molecule has 0 aliphatic rings. The van der Waals surface area contributed by atoms with Crippen LogP contribution in [0.2, 0.25) is 0 Å². The normalized spacial score (nSPS) is 10.8. The summed E-state index contributed by atoms with van der Waals surface area (Å²) >= 11 is 0. The van der Waals surface area contributed by atoms with E-state index in [0.717, 1.165) is 19.3 Å². The van der Waals surface area contributed by atoms with Crippen LogP contribution in [0, 0.1) is 6.61 Å². The number of aliphatic hydroxyl groups is 1. The molecule has 0 amide bonds. The molecule has 0 aliphatic heterocycles. The van der Waals surface area contributed by atoms with Crippen molar-refractivity contribution < 1.29 is 5.11 Å². The SMILES string of the molecule is CCC=CCC[CH]O. The molecule has 0 fully saturated rings. The van der Waals surface area contributed by atoms with Gasteiger partial charge in [-0.3, -0.25) is 0 Å². The number of unbranched alkanes of at least 4 members (excludes halogenated alkanes) is 1. The van der Waals surface area contributed by atoms with Gasteiger partial charge in [0.05, 0.1) is 6.61 Å². The third-order valence-corrected chi connectivity index (χ3v) is 0.865. The van der Waals surface area contributed by atoms with E-state index in [9.17, 15) is 0 Å². The monoisotopic (exact) mass is 113 g/mol. The molecule has 0 heterocycles. The highest BCUT2D eigenvalue weighted by molar-refractivity contribution is 4.80. The Bertz CT molecular complexity index is 57.4. The molecule has 0 saturated carbocycles. The fourth-order valence-corrected chi connectivity index (χ4v) is 0.455. The van der Waals surface area contributed by atoms with Crippen LogP contribution in [-0.2, 0) is 0 Å². The van der Waals surface area contributed by atoms with Crippen LogP contribution in [0.15, 0.2) is 12.2 Å². The molecule has 1 N–H and O–H groups in total. The Morgan fingerprint density at radius 2 is 2.00 bits per heavy atom. The van der Waals surface area contributed by atoms with Crippen molar-refractivity contribution in [3.63, 3.8) is 0 Å². The van der Waals surface area contributed by atoms with Crippen molar-refractivity contribution in [1.82, 2.24) is 0 Å². The number of hydrogen-bond acceptors (Lipinski definition) is 1. The third-order valence-electron chi connectivity index (χ3n) is 0.865. The zero-order valence-electron chi connectivity index (χ0n) is 5.30. The highest BCUT2D eigenvalue weighted by Crippen LogP contribution is 1.92. The maximum atomic E-state index is 8.21. The van der Waals surface area contributed by atoms with Gasteiger partial charge < -0.3 is 5.11 Å². The minimum absolute atomic E-state index is 0.774. The van der Waals surface area contributed by atoms with Gasteiger partial charge in [0.2, 0.25) is 0 Å². The summed E-state index contributed by atoms with van der Waals surface area (Å²) in [5, 5.41) is 8.21. The molecule has 1 radical (unpaired) electrons. The van der Waals surface area contributed by atoms with Gasteiger partial charge in [-0.15, -0.1) is 0 Å². The fourth-order valence-electron chi connectivity index (χ4n) is 0.455. The van der Waals surface area contributed by atoms with Gasteiger partial charge in [0.1, 0.15) is 0 Å². The Morgan fingerprint density at radius 3 is 2.50 bits per heavy atom. The van der Waals surface area contributed by atoms with Gasteiger partial charge in [0.15, 0.2) is 0 Å². The van der Waals surface area contributed by atoms with E-state index >= 15 is 0 Å². The average Bonchev–Trinajstić information content (AvgIpc) is 1.81. The van der Waals surface area contributed by atoms with Crippen LogP contribution in [0.5, 0.6) is 0 Å². The number of aliphatic hydroxyl groups excluding tert-OH is 1. The lowest BCUT2D eigenvalue weighted by Crippen LogP contribution is -1.69. The molecule has 0 aromatic carbocycles. The molecule has 47 valence electrons. The number of allylic oxidation sites excluding steroid dienone is 2. The van der Waals surface area contributed by atoms with Crippen LogP contribution in [0.4, 0.5) is 0 Å². The third kappa shape index (κ3) is 5.70. The lowest BCUT2D eigenvalue weighted by Gasteiger charge is -1.84. The first kappa shape index (κ1) is 7.70. The second kappa shape index (κ2) is 6.70. The summed E-state index contributed by atoms with van der Waals surface area (Å²) in [6.07, 6.45) is 7.00. The Labute approximate surface area is 51.0 Å². The predicted molar refractivity (Wildman–Crippen MR) is 34.9 cm³/mol. The molecular weight excluding hydrogens is 100 g/mol. The minimum atomic E-state index is 0.774. The van der Waals surface area contributed by atoms with Crippen molar-refractivity contribution in [2.75, 3.05) is 0 Å². The van der Waals surface area contributed by atoms with E-state index in [4.69, 9.17) is 5.11 Å². The molecule has 0 aromatic rings. The van der Waals surface area contributed by atoms with Crippen molar-refractivity contribution in [1.29, 1.82) is 0 Å². The molecule has 0 bridgehead atoms. The van der Waals surface area contributed by atoms with Crippen LogP contribution >= 0.6 is 0 Å². The number of hydrogen-bond donors (Lipinski definition) is 1. The lowest BCUT2D eigenvalue weighted by molar-refractivity contribution is 0.376. The molecule has 0 saturated heterocycles. The molecule has 1 heteroatoms. The second-order valence-electron chi connectivity index (χ2n) is 1.64. The van der Waals surface area contributed by atoms with E-state index in [0.29, 0.717) is 0 Å². The van der Waals surface area contributed by atoms with Gasteiger partial charge >= 0.3 is 0 Å². The van der Waals surface area contributed by atoms with Crippen molar-refractivity contribution in [2.45, 2.75) is 26.2 Å². The van der Waals surface area contributed by atoms with Crippen LogP contribution in [0.3, 0.4) is 0 Å². The van der Waals surface area contributed by atoms with Gasteiger partial charge in [-0.05, 0) is 19.3 Å². The summed E-state index contributed by atoms with van der Waals surface area (Å²) < 4.78 is 0. The zero-order valence-corrected chi connectivity index (χ0v) is 5.30. The van der Waals surface area contributed by atoms with Crippen molar-refractivity contribution in [2.24, 2.45) is 0 Å². The van der Waals surface area contributed by atoms with E-state index in [2.05, 4.69) is 19.1 Å². The Kier molecular flexibility index (Phi) is 6.45. The zero-order chi connectivity index (χ0) is 6.24. The van der Waals surface area contributed by atoms with Crippen LogP contribution in [0.25, 0.3) is 0 Å². The topological polar surface area (TPSA) is 20.2 Å². The van der Waals surface area contributed by atoms with Gasteiger partial charge in [0.25, 0.3) is 0 Å². The standard InChI is InChI=1S/C7H13O/c1-2-3-4-5-6-7-8/h3-4,7-8H,2,5-6H2,1H3. The van der Waals surface area contributed by atoms with E-state index in [1.54, 1.807) is 0 Å². The molecule has 0 aliphatic carbocycles. The second-order valence-corrected chi connectivity index (χ2v) is 1.64. The minimum Gasteiger partial charge on any atom is -0.390 e. The van der Waals surface area contributed by atoms with E-state index < -0.39 is 0 Å². The smallest absolute Gasteiger partial charge is 0.0802 e. The van der Waals surface area contributed by atoms with Crippen molar-refractivity contribution >= 4 is 0 Å². The molecule has 0 unspecified atom stereocenters. The first-order valence-corrected chi connectivity index (χ1v) is 3.02. The molecular formula is C7H13O. The summed E-state index contributed by atoms with van der Waals surface area (Å²) in [4.78, 5) is 0. The summed E-state index contributed by atoms with van der Waals surface area (Å²) in [5.41, 5.74) is 0. The van der Waals surface area contributed by atoms with Crippen molar-refractivity contribution in [3.05, 3.63) is 18.8 Å². The highest BCUT2D eigenvalue weighted by atomic mass is 16.2. The molecule has 0 spiro atoms. The van der Waals surface area contributed by atoms with E-state index in [-0.39, 0.29) is 0 Å². The summed E-state index contributed by atoms with van der Waals surface area (Å²) in [6, 6.07) is 0. The first-order chi connectivity index (χ1) is 3.91. The van der Waals surface area contributed by atoms with Gasteiger partial charge in [0, 0.05) is 0 Å². The van der Waals surface area contributed by atoms with Crippen LogP contribution in [-0.4, -0.2) is 5.11 Å². The predicted octanol–water partition coefficient (Wildman–Crippen LogP) is 2.27.